The Morgan fingerprint density at radius 2 is 1.41 bits per heavy atom. The number of para-hydroxylation sites is 1. The predicted molar refractivity (Wildman–Crippen MR) is 109 cm³/mol. The molecule has 0 aliphatic carbocycles. The molecule has 0 fully saturated rings. The monoisotopic (exact) mass is 360 g/mol. The van der Waals surface area contributed by atoms with Crippen LogP contribution in [0.3, 0.4) is 0 Å². The van der Waals surface area contributed by atoms with E-state index in [0.717, 1.165) is 24.5 Å². The molecule has 0 bridgehead atoms. The van der Waals surface area contributed by atoms with Crippen LogP contribution in [0.2, 0.25) is 0 Å². The maximum absolute atomic E-state index is 12.3. The average molecular weight is 360 g/mol. The van der Waals surface area contributed by atoms with Gasteiger partial charge in [-0.25, -0.2) is 0 Å². The van der Waals surface area contributed by atoms with Gasteiger partial charge in [-0.3, -0.25) is 9.69 Å². The number of benzene rings is 3. The van der Waals surface area contributed by atoms with E-state index in [-0.39, 0.29) is 5.91 Å². The normalized spacial score (nSPS) is 10.6. The number of carbonyl (C=O) groups is 1. The minimum Gasteiger partial charge on any atom is -0.497 e. The quantitative estimate of drug-likeness (QED) is 0.670. The molecule has 0 aromatic heterocycles. The third-order valence-corrected chi connectivity index (χ3v) is 4.31. The number of methoxy groups -OCH3 is 1. The van der Waals surface area contributed by atoms with Crippen molar-refractivity contribution in [2.24, 2.45) is 0 Å². The summed E-state index contributed by atoms with van der Waals surface area (Å²) in [5, 5.41) is 2.90. The molecule has 138 valence electrons. The van der Waals surface area contributed by atoms with E-state index >= 15 is 0 Å². The van der Waals surface area contributed by atoms with Gasteiger partial charge in [-0.2, -0.15) is 0 Å². The van der Waals surface area contributed by atoms with E-state index in [1.54, 1.807) is 7.11 Å². The van der Waals surface area contributed by atoms with E-state index in [2.05, 4.69) is 29.4 Å². The number of anilines is 1. The summed E-state index contributed by atoms with van der Waals surface area (Å²) in [6.45, 7) is 1.66. The molecule has 4 heteroatoms. The number of hydrogen-bond donors (Lipinski definition) is 1. The zero-order chi connectivity index (χ0) is 19.1. The molecular formula is C23H24N2O2. The van der Waals surface area contributed by atoms with Crippen molar-refractivity contribution in [2.45, 2.75) is 13.1 Å². The van der Waals surface area contributed by atoms with Crippen LogP contribution in [0.15, 0.2) is 78.9 Å². The topological polar surface area (TPSA) is 41.6 Å². The summed E-state index contributed by atoms with van der Waals surface area (Å²) in [7, 11) is 3.76. The maximum Gasteiger partial charge on any atom is 0.255 e. The minimum absolute atomic E-state index is 0.0978. The molecule has 0 spiro atoms. The van der Waals surface area contributed by atoms with Crippen LogP contribution in [0.25, 0.3) is 0 Å². The van der Waals surface area contributed by atoms with E-state index in [0.29, 0.717) is 5.56 Å². The molecule has 3 rings (SSSR count). The Morgan fingerprint density at radius 3 is 1.96 bits per heavy atom. The number of ether oxygens (including phenoxy) is 1. The summed E-state index contributed by atoms with van der Waals surface area (Å²) in [4.78, 5) is 14.5. The first kappa shape index (κ1) is 18.7. The number of rotatable bonds is 7. The number of carbonyl (C=O) groups excluding carboxylic acids is 1. The zero-order valence-corrected chi connectivity index (χ0v) is 15.7. The Morgan fingerprint density at radius 1 is 0.852 bits per heavy atom. The van der Waals surface area contributed by atoms with Gasteiger partial charge in [0.15, 0.2) is 0 Å². The minimum atomic E-state index is -0.0978. The van der Waals surface area contributed by atoms with Crippen LogP contribution in [0, 0.1) is 0 Å². The Kier molecular flexibility index (Phi) is 6.23. The highest BCUT2D eigenvalue weighted by atomic mass is 16.5. The lowest BCUT2D eigenvalue weighted by molar-refractivity contribution is 0.102. The van der Waals surface area contributed by atoms with Crippen molar-refractivity contribution in [3.05, 3.63) is 95.6 Å². The van der Waals surface area contributed by atoms with Crippen molar-refractivity contribution in [1.82, 2.24) is 4.90 Å². The molecule has 0 aliphatic rings. The number of nitrogens with zero attached hydrogens (tertiary/aromatic N) is 1. The molecule has 1 amide bonds. The summed E-state index contributed by atoms with van der Waals surface area (Å²) in [6, 6.07) is 25.3. The van der Waals surface area contributed by atoms with Crippen LogP contribution < -0.4 is 10.1 Å². The smallest absolute Gasteiger partial charge is 0.255 e. The second-order valence-electron chi connectivity index (χ2n) is 6.54. The van der Waals surface area contributed by atoms with Crippen LogP contribution >= 0.6 is 0 Å². The Bertz CT molecular complexity index is 859. The van der Waals surface area contributed by atoms with E-state index in [1.807, 2.05) is 66.7 Å². The van der Waals surface area contributed by atoms with Crippen LogP contribution in [0.5, 0.6) is 5.75 Å². The van der Waals surface area contributed by atoms with Gasteiger partial charge in [0, 0.05) is 24.3 Å². The van der Waals surface area contributed by atoms with Gasteiger partial charge in [0.2, 0.25) is 0 Å². The van der Waals surface area contributed by atoms with E-state index in [9.17, 15) is 4.79 Å². The van der Waals surface area contributed by atoms with Crippen molar-refractivity contribution >= 4 is 11.6 Å². The molecule has 0 saturated carbocycles. The van der Waals surface area contributed by atoms with Crippen LogP contribution in [-0.4, -0.2) is 25.0 Å². The Labute approximate surface area is 160 Å². The molecule has 3 aromatic carbocycles. The van der Waals surface area contributed by atoms with Gasteiger partial charge < -0.3 is 10.1 Å². The van der Waals surface area contributed by atoms with Crippen LogP contribution in [0.4, 0.5) is 5.69 Å². The first-order chi connectivity index (χ1) is 13.1. The maximum atomic E-state index is 12.3. The molecule has 0 radical (unpaired) electrons. The van der Waals surface area contributed by atoms with Gasteiger partial charge >= 0.3 is 0 Å². The second-order valence-corrected chi connectivity index (χ2v) is 6.54. The highest BCUT2D eigenvalue weighted by Gasteiger charge is 2.07. The lowest BCUT2D eigenvalue weighted by Gasteiger charge is -2.17. The van der Waals surface area contributed by atoms with Gasteiger partial charge in [0.1, 0.15) is 5.75 Å². The SMILES string of the molecule is COc1ccc(CN(C)Cc2ccc(C(=O)Nc3ccccc3)cc2)cc1. The first-order valence-corrected chi connectivity index (χ1v) is 8.91. The largest absolute Gasteiger partial charge is 0.497 e. The summed E-state index contributed by atoms with van der Waals surface area (Å²) in [5.41, 5.74) is 3.85. The first-order valence-electron chi connectivity index (χ1n) is 8.91. The standard InChI is InChI=1S/C23H24N2O2/c1-25(17-19-10-14-22(27-2)15-11-19)16-18-8-12-20(13-9-18)23(26)24-21-6-4-3-5-7-21/h3-15H,16-17H2,1-2H3,(H,24,26). The van der Waals surface area contributed by atoms with Gasteiger partial charge in [0.05, 0.1) is 7.11 Å². The average Bonchev–Trinajstić information content (AvgIpc) is 2.70. The van der Waals surface area contributed by atoms with Crippen molar-refractivity contribution < 1.29 is 9.53 Å². The molecule has 0 atom stereocenters. The fraction of sp³-hybridized carbons (Fsp3) is 0.174. The van der Waals surface area contributed by atoms with Crippen LogP contribution in [0.1, 0.15) is 21.5 Å². The van der Waals surface area contributed by atoms with Crippen LogP contribution in [-0.2, 0) is 13.1 Å². The molecule has 0 heterocycles. The van der Waals surface area contributed by atoms with E-state index in [1.165, 1.54) is 11.1 Å². The fourth-order valence-electron chi connectivity index (χ4n) is 2.90. The predicted octanol–water partition coefficient (Wildman–Crippen LogP) is 4.58. The highest BCUT2D eigenvalue weighted by molar-refractivity contribution is 6.04. The summed E-state index contributed by atoms with van der Waals surface area (Å²) >= 11 is 0. The summed E-state index contributed by atoms with van der Waals surface area (Å²) in [6.07, 6.45) is 0. The third-order valence-electron chi connectivity index (χ3n) is 4.31. The van der Waals surface area contributed by atoms with Gasteiger partial charge in [0.25, 0.3) is 5.91 Å². The van der Waals surface area contributed by atoms with E-state index < -0.39 is 0 Å². The van der Waals surface area contributed by atoms with Gasteiger partial charge in [-0.05, 0) is 54.6 Å². The molecule has 0 unspecified atom stereocenters. The lowest BCUT2D eigenvalue weighted by atomic mass is 10.1. The van der Waals surface area contributed by atoms with Crippen molar-refractivity contribution in [1.29, 1.82) is 0 Å². The van der Waals surface area contributed by atoms with E-state index in [4.69, 9.17) is 4.74 Å². The molecule has 4 nitrogen and oxygen atoms in total. The molecule has 3 aromatic rings. The molecule has 1 N–H and O–H groups in total. The summed E-state index contributed by atoms with van der Waals surface area (Å²) in [5.74, 6) is 0.769. The molecular weight excluding hydrogens is 336 g/mol. The number of hydrogen-bond acceptors (Lipinski definition) is 3. The summed E-state index contributed by atoms with van der Waals surface area (Å²) < 4.78 is 5.19. The van der Waals surface area contributed by atoms with Crippen molar-refractivity contribution in [2.75, 3.05) is 19.5 Å². The molecule has 27 heavy (non-hydrogen) atoms. The van der Waals surface area contributed by atoms with Gasteiger partial charge in [-0.1, -0.05) is 42.5 Å². The van der Waals surface area contributed by atoms with Crippen molar-refractivity contribution in [3.8, 4) is 5.75 Å². The van der Waals surface area contributed by atoms with Gasteiger partial charge in [-0.15, -0.1) is 0 Å². The lowest BCUT2D eigenvalue weighted by Crippen LogP contribution is -2.17. The number of amides is 1. The Hall–Kier alpha value is -3.11. The highest BCUT2D eigenvalue weighted by Crippen LogP contribution is 2.15. The zero-order valence-electron chi connectivity index (χ0n) is 15.7. The van der Waals surface area contributed by atoms with Crippen molar-refractivity contribution in [3.63, 3.8) is 0 Å². The molecule has 0 aliphatic heterocycles. The number of nitrogens with one attached hydrogen (secondary N) is 1. The third kappa shape index (κ3) is 5.43. The Balaban J connectivity index is 1.55. The fourth-order valence-corrected chi connectivity index (χ4v) is 2.90. The molecule has 0 saturated heterocycles. The second kappa shape index (κ2) is 9.01.